The highest BCUT2D eigenvalue weighted by Gasteiger charge is 2.43. The first-order valence-electron chi connectivity index (χ1n) is 52.8. The lowest BCUT2D eigenvalue weighted by Gasteiger charge is -2.23. The van der Waals surface area contributed by atoms with Gasteiger partial charge in [-0.1, -0.05) is 438 Å². The molecule has 0 N–H and O–H groups in total. The van der Waals surface area contributed by atoms with Gasteiger partial charge in [0.15, 0.2) is 0 Å². The highest BCUT2D eigenvalue weighted by Crippen LogP contribution is 2.61. The van der Waals surface area contributed by atoms with Crippen molar-refractivity contribution in [1.82, 2.24) is 9.13 Å². The van der Waals surface area contributed by atoms with Gasteiger partial charge in [-0.05, 0) is 336 Å². The van der Waals surface area contributed by atoms with Gasteiger partial charge in [-0.25, -0.2) is 0 Å². The van der Waals surface area contributed by atoms with E-state index in [1.807, 2.05) is 0 Å². The molecule has 7 aliphatic carbocycles. The van der Waals surface area contributed by atoms with Crippen molar-refractivity contribution in [3.63, 3.8) is 0 Å². The molecule has 0 saturated heterocycles. The van der Waals surface area contributed by atoms with E-state index in [0.29, 0.717) is 0 Å². The first-order valence-corrected chi connectivity index (χ1v) is 52.8. The zero-order chi connectivity index (χ0) is 98.0. The molecular weight excluding hydrogens is 1790 g/mol. The Morgan fingerprint density at radius 2 is 0.644 bits per heavy atom. The van der Waals surface area contributed by atoms with Crippen molar-refractivity contribution < 1.29 is 0 Å². The minimum absolute atomic E-state index is 0.0570. The predicted molar refractivity (Wildman–Crippen MR) is 622 cm³/mol. The number of para-hydroxylation sites is 2. The Labute approximate surface area is 866 Å². The Morgan fingerprint density at radius 1 is 0.195 bits per heavy atom. The molecule has 0 saturated carbocycles. The molecule has 2 aromatic heterocycles. The summed E-state index contributed by atoms with van der Waals surface area (Å²) in [6, 6.07) is 191. The molecular formula is C147H98N2. The number of fused-ring (bicyclic) bond motifs is 32. The largest absolute Gasteiger partial charge is 0.309 e. The standard InChI is InChI=1S/C50H35N.C49H32.C48H31N/c1-50(2)45-21-10-8-18-36(45)42-29-41-40-27-32(23-25-39(40)49(44(41)30-46(42)50)38-20-12-14-31-13-6-7-17-35(31)38)33-24-26-48-43(28-33)37-19-9-11-22-47(37)51(48)34-15-4-3-5-16-34;1-2-11-31(12-3-1)47-40-17-9-8-16-38(40)44-27-33(20-22-41(44)47)34-21-23-42-45(28-34)43-25-24-39-37-15-7-6-14-35(37)29-46(39)49(43)48(42)36-19-18-30-10-4-5-13-32(30)26-36;1-2-11-31(12-3-1)46-40-17-9-8-16-39(40)43-28-33(19-23-41(43)46)34-21-25-45-44(29-34)42-24-20-36-26-35-14-6-7-15-38(35)47(36)48(42)49(45)37-22-18-30-10-4-5-13-32(30)27-37/h3-30,49H,1-2H3;1-28,47-48H,29H2;1-25,27-29,46H,26H2. The van der Waals surface area contributed by atoms with Crippen LogP contribution in [0.15, 0.2) is 510 Å². The van der Waals surface area contributed by atoms with E-state index in [2.05, 4.69) is 533 Å². The van der Waals surface area contributed by atoms with Crippen LogP contribution in [0.25, 0.3) is 199 Å². The minimum Gasteiger partial charge on any atom is -0.309 e. The fraction of sp³-hybridized carbons (Fsp3) is 0.0612. The van der Waals surface area contributed by atoms with Crippen molar-refractivity contribution in [3.8, 4) is 123 Å². The van der Waals surface area contributed by atoms with E-state index in [1.54, 1.807) is 0 Å². The number of nitrogens with zero attached hydrogens (tertiary/aromatic N) is 2. The molecule has 0 aliphatic heterocycles. The fourth-order valence-corrected chi connectivity index (χ4v) is 27.6. The van der Waals surface area contributed by atoms with Gasteiger partial charge in [-0.15, -0.1) is 0 Å². The van der Waals surface area contributed by atoms with E-state index in [9.17, 15) is 0 Å². The maximum Gasteiger partial charge on any atom is 0.0622 e. The highest BCUT2D eigenvalue weighted by atomic mass is 15.0. The fourth-order valence-electron chi connectivity index (χ4n) is 27.6. The van der Waals surface area contributed by atoms with Crippen LogP contribution in [-0.2, 0) is 18.3 Å². The van der Waals surface area contributed by atoms with Crippen molar-refractivity contribution >= 4 is 75.9 Å². The van der Waals surface area contributed by atoms with Gasteiger partial charge in [0, 0.05) is 67.6 Å². The van der Waals surface area contributed by atoms with Gasteiger partial charge in [-0.3, -0.25) is 0 Å². The van der Waals surface area contributed by atoms with Gasteiger partial charge < -0.3 is 9.13 Å². The van der Waals surface area contributed by atoms with Crippen LogP contribution >= 0.6 is 0 Å². The van der Waals surface area contributed by atoms with Crippen LogP contribution in [0.2, 0.25) is 0 Å². The van der Waals surface area contributed by atoms with Crippen molar-refractivity contribution in [2.75, 3.05) is 0 Å². The summed E-state index contributed by atoms with van der Waals surface area (Å²) < 4.78 is 4.91. The Balaban J connectivity index is 0.000000101. The third-order valence-corrected chi connectivity index (χ3v) is 34.4. The van der Waals surface area contributed by atoms with Gasteiger partial charge in [0.2, 0.25) is 0 Å². The first kappa shape index (κ1) is 85.1. The Hall–Kier alpha value is -18.3. The summed E-state index contributed by atoms with van der Waals surface area (Å²) in [7, 11) is 0. The summed E-state index contributed by atoms with van der Waals surface area (Å²) in [5, 5.41) is 12.9. The predicted octanol–water partition coefficient (Wildman–Crippen LogP) is 37.8. The van der Waals surface area contributed by atoms with Crippen LogP contribution in [0, 0.1) is 0 Å². The van der Waals surface area contributed by atoms with Crippen molar-refractivity contribution in [1.29, 1.82) is 0 Å². The molecule has 696 valence electrons. The third-order valence-electron chi connectivity index (χ3n) is 34.4. The lowest BCUT2D eigenvalue weighted by atomic mass is 9.79. The first-order chi connectivity index (χ1) is 73.7. The molecule has 24 aromatic carbocycles. The molecule has 0 bridgehead atoms. The molecule has 2 heteroatoms. The van der Waals surface area contributed by atoms with E-state index >= 15 is 0 Å². The summed E-state index contributed by atoms with van der Waals surface area (Å²) in [6.07, 6.45) is 1.97. The molecule has 26 aromatic rings. The Kier molecular flexibility index (Phi) is 19.1. The van der Waals surface area contributed by atoms with Gasteiger partial charge in [0.25, 0.3) is 0 Å². The average molecular weight is 1890 g/mol. The number of aromatic nitrogens is 2. The molecule has 33 rings (SSSR count). The average Bonchev–Trinajstić information content (AvgIpc) is 1.54. The van der Waals surface area contributed by atoms with E-state index < -0.39 is 0 Å². The van der Waals surface area contributed by atoms with Crippen LogP contribution in [-0.4, -0.2) is 9.13 Å². The molecule has 0 fully saturated rings. The van der Waals surface area contributed by atoms with Crippen LogP contribution in [0.3, 0.4) is 0 Å². The second kappa shape index (κ2) is 33.4. The Morgan fingerprint density at radius 3 is 1.30 bits per heavy atom. The van der Waals surface area contributed by atoms with Gasteiger partial charge in [0.1, 0.15) is 0 Å². The molecule has 0 spiro atoms. The van der Waals surface area contributed by atoms with E-state index in [4.69, 9.17) is 0 Å². The smallest absolute Gasteiger partial charge is 0.0622 e. The molecule has 0 amide bonds. The Bertz CT molecular complexity index is 10200. The zero-order valence-electron chi connectivity index (χ0n) is 82.6. The number of hydrogen-bond donors (Lipinski definition) is 0. The van der Waals surface area contributed by atoms with Crippen molar-refractivity contribution in [2.45, 2.75) is 55.8 Å². The second-order valence-electron chi connectivity index (χ2n) is 42.5. The molecule has 4 atom stereocenters. The van der Waals surface area contributed by atoms with E-state index in [0.717, 1.165) is 12.8 Å². The van der Waals surface area contributed by atoms with Crippen LogP contribution in [0.1, 0.15) is 138 Å². The highest BCUT2D eigenvalue weighted by molar-refractivity contribution is 6.17. The van der Waals surface area contributed by atoms with Gasteiger partial charge in [-0.2, -0.15) is 0 Å². The number of rotatable bonds is 9. The van der Waals surface area contributed by atoms with Gasteiger partial charge >= 0.3 is 0 Å². The summed E-state index contributed by atoms with van der Waals surface area (Å²) >= 11 is 0. The maximum atomic E-state index is 2.56. The molecule has 0 radical (unpaired) electrons. The number of benzene rings is 24. The zero-order valence-corrected chi connectivity index (χ0v) is 82.6. The van der Waals surface area contributed by atoms with E-state index in [1.165, 1.54) is 299 Å². The minimum atomic E-state index is -0.0570. The molecule has 2 nitrogen and oxygen atoms in total. The monoisotopic (exact) mass is 1890 g/mol. The van der Waals surface area contributed by atoms with E-state index in [-0.39, 0.29) is 29.1 Å². The maximum absolute atomic E-state index is 2.56. The van der Waals surface area contributed by atoms with Crippen LogP contribution < -0.4 is 0 Å². The normalized spacial score (nSPS) is 15.2. The summed E-state index contributed by atoms with van der Waals surface area (Å²) in [6.45, 7) is 4.78. The second-order valence-corrected chi connectivity index (χ2v) is 42.5. The SMILES string of the molecule is CC1(C)c2ccccc2-c2cc3c(cc21)C(c1cccc2ccccc12)c1ccc(-c2ccc4c(c2)c2ccccc2n4-c2ccccc2)cc1-3.c1ccc(C2c3ccccc3-c3cc(-c4ccc5c(c4)-c4ccc6c(c4C5c4ccc5ccccc5c4)Cc4ccccc4-6)ccc32)cc1.c1ccc(C2c3ccccc3-c3cc(-c4ccc5c(c4)c4ccc6c(c4n5-c4ccc5ccccc5c4)-c4ccccc4C6)ccc32)cc1. The lowest BCUT2D eigenvalue weighted by molar-refractivity contribution is 0.659. The van der Waals surface area contributed by atoms with Gasteiger partial charge in [0.05, 0.1) is 22.1 Å². The summed E-state index contributed by atoms with van der Waals surface area (Å²) in [4.78, 5) is 0. The van der Waals surface area contributed by atoms with Crippen molar-refractivity contribution in [3.05, 3.63) is 610 Å². The lowest BCUT2D eigenvalue weighted by Crippen LogP contribution is -2.15. The summed E-state index contributed by atoms with van der Waals surface area (Å²) in [5.74, 6) is 0.883. The number of hydrogen-bond acceptors (Lipinski definition) is 0. The third kappa shape index (κ3) is 13.2. The molecule has 4 unspecified atom stereocenters. The van der Waals surface area contributed by atoms with Crippen LogP contribution in [0.4, 0.5) is 0 Å². The van der Waals surface area contributed by atoms with Crippen molar-refractivity contribution in [2.24, 2.45) is 0 Å². The quantitative estimate of drug-likeness (QED) is 0.136. The molecule has 7 aliphatic rings. The topological polar surface area (TPSA) is 9.86 Å². The molecule has 149 heavy (non-hydrogen) atoms. The van der Waals surface area contributed by atoms with Crippen LogP contribution in [0.5, 0.6) is 0 Å². The summed E-state index contributed by atoms with van der Waals surface area (Å²) in [5.41, 5.74) is 59.3. The molecule has 2 heterocycles.